The molecule has 5 nitrogen and oxygen atoms in total. The molecule has 60 valence electrons. The smallest absolute Gasteiger partial charge is 0.652 e. The molecule has 0 heterocycles. The van der Waals surface area contributed by atoms with Crippen LogP contribution in [0.2, 0.25) is 0 Å². The Kier molecular flexibility index (Phi) is 36.9. The Morgan fingerprint density at radius 1 is 1.25 bits per heavy atom. The Balaban J connectivity index is -0.0000000483. The van der Waals surface area contributed by atoms with E-state index in [4.69, 9.17) is 15.0 Å². The first-order valence-electron chi connectivity index (χ1n) is 2.52. The molecular weight excluding hydrogens is 218 g/mol. The summed E-state index contributed by atoms with van der Waals surface area (Å²) in [4.78, 5) is 18.2. The molecule has 0 aliphatic rings. The number of carbonyl (C=O) groups is 2. The molecule has 0 spiro atoms. The Bertz CT molecular complexity index is 112. The molecule has 12 heavy (non-hydrogen) atoms. The van der Waals surface area contributed by atoms with Crippen LogP contribution in [0.3, 0.4) is 0 Å². The molecule has 0 saturated carbocycles. The quantitative estimate of drug-likeness (QED) is 0.327. The minimum atomic E-state index is -2.33. The van der Waals surface area contributed by atoms with Crippen LogP contribution in [0.1, 0.15) is 13.8 Å². The van der Waals surface area contributed by atoms with Crippen molar-refractivity contribution in [1.82, 2.24) is 0 Å². The fraction of sp³-hybridized carbons (Fsp3) is 0.600. The van der Waals surface area contributed by atoms with E-state index in [-0.39, 0.29) is 109 Å². The molecule has 0 aliphatic carbocycles. The molecule has 7 heteroatoms. The second-order valence-corrected chi connectivity index (χ2v) is 1.17. The molecule has 0 bridgehead atoms. The predicted molar refractivity (Wildman–Crippen MR) is 27.7 cm³/mol. The largest absolute Gasteiger partial charge is 1.00 e. The minimum absolute atomic E-state index is 0. The molecule has 0 radical (unpaired) electrons. The first kappa shape index (κ1) is 23.7. The van der Waals surface area contributed by atoms with E-state index in [9.17, 15) is 4.79 Å². The van der Waals surface area contributed by atoms with Crippen LogP contribution in [0.25, 0.3) is 0 Å². The van der Waals surface area contributed by atoms with Gasteiger partial charge in [0.2, 0.25) is 0 Å². The van der Waals surface area contributed by atoms with Crippen molar-refractivity contribution in [2.45, 2.75) is 13.8 Å². The summed E-state index contributed by atoms with van der Waals surface area (Å²) in [7, 11) is 0. The van der Waals surface area contributed by atoms with Gasteiger partial charge in [0.15, 0.2) is 0 Å². The molecule has 0 aromatic rings. The van der Waals surface area contributed by atoms with E-state index in [0.717, 1.165) is 0 Å². The number of rotatable bonds is 1. The number of hydrogen-bond donors (Lipinski definition) is 0. The van der Waals surface area contributed by atoms with Crippen LogP contribution in [0.15, 0.2) is 0 Å². The monoisotopic (exact) mass is 226 g/mol. The van der Waals surface area contributed by atoms with Gasteiger partial charge >= 0.3 is 109 Å². The van der Waals surface area contributed by atoms with Crippen molar-refractivity contribution in [1.29, 1.82) is 0 Å². The van der Waals surface area contributed by atoms with E-state index in [2.05, 4.69) is 4.74 Å². The Hall–Kier alpha value is 2.01. The van der Waals surface area contributed by atoms with Crippen molar-refractivity contribution in [3.05, 3.63) is 0 Å². The van der Waals surface area contributed by atoms with Gasteiger partial charge in [0.25, 0.3) is 0 Å². The molecule has 0 aromatic carbocycles. The van der Waals surface area contributed by atoms with Gasteiger partial charge in [-0.05, 0) is 13.1 Å². The molecular formula is C5H8K2O5. The van der Waals surface area contributed by atoms with Crippen LogP contribution in [0, 0.1) is 0 Å². The zero-order valence-corrected chi connectivity index (χ0v) is 14.0. The SMILES string of the molecule is CCOC(C)=O.O=C([O-])[O-].[K+].[K+]. The molecule has 0 unspecified atom stereocenters. The maximum Gasteiger partial charge on any atom is 1.00 e. The van der Waals surface area contributed by atoms with E-state index in [0.29, 0.717) is 6.61 Å². The van der Waals surface area contributed by atoms with Gasteiger partial charge in [-0.3, -0.25) is 4.79 Å². The van der Waals surface area contributed by atoms with E-state index in [1.807, 2.05) is 0 Å². The van der Waals surface area contributed by atoms with Gasteiger partial charge in [-0.15, -0.1) is 0 Å². The van der Waals surface area contributed by atoms with Crippen LogP contribution < -0.4 is 113 Å². The van der Waals surface area contributed by atoms with E-state index < -0.39 is 6.16 Å². The second kappa shape index (κ2) is 18.7. The summed E-state index contributed by atoms with van der Waals surface area (Å²) < 4.78 is 4.40. The molecule has 0 aliphatic heterocycles. The average molecular weight is 226 g/mol. The van der Waals surface area contributed by atoms with Gasteiger partial charge in [0.1, 0.15) is 0 Å². The van der Waals surface area contributed by atoms with Crippen LogP contribution in [-0.2, 0) is 9.53 Å². The summed E-state index contributed by atoms with van der Waals surface area (Å²) in [6.07, 6.45) is -2.33. The Labute approximate surface area is 156 Å². The Morgan fingerprint density at radius 2 is 1.50 bits per heavy atom. The molecule has 0 amide bonds. The predicted octanol–water partition coefficient (Wildman–Crippen LogP) is -7.87. The second-order valence-electron chi connectivity index (χ2n) is 1.17. The van der Waals surface area contributed by atoms with Gasteiger partial charge in [0, 0.05) is 6.92 Å². The van der Waals surface area contributed by atoms with Crippen LogP contribution in [0.5, 0.6) is 0 Å². The summed E-state index contributed by atoms with van der Waals surface area (Å²) in [6, 6.07) is 0. The first-order chi connectivity index (χ1) is 4.50. The molecule has 0 saturated heterocycles. The van der Waals surface area contributed by atoms with E-state index in [1.165, 1.54) is 6.92 Å². The van der Waals surface area contributed by atoms with E-state index >= 15 is 0 Å². The third-order valence-electron chi connectivity index (χ3n) is 0.348. The number of carbonyl (C=O) groups excluding carboxylic acids is 2. The molecule has 0 fully saturated rings. The molecule has 0 atom stereocenters. The normalized spacial score (nSPS) is 5.83. The maximum atomic E-state index is 9.82. The van der Waals surface area contributed by atoms with Crippen LogP contribution >= 0.6 is 0 Å². The number of ether oxygens (including phenoxy) is 1. The number of esters is 1. The number of carboxylic acid groups (broad SMARTS) is 2. The van der Waals surface area contributed by atoms with Crippen molar-refractivity contribution in [3.8, 4) is 0 Å². The van der Waals surface area contributed by atoms with Crippen molar-refractivity contribution in [2.24, 2.45) is 0 Å². The fourth-order valence-electron chi connectivity index (χ4n) is 0.203. The zero-order valence-electron chi connectivity index (χ0n) is 7.75. The van der Waals surface area contributed by atoms with Crippen LogP contribution in [-0.4, -0.2) is 18.7 Å². The average Bonchev–Trinajstić information content (AvgIpc) is 1.62. The molecule has 0 aromatic heterocycles. The fourth-order valence-corrected chi connectivity index (χ4v) is 0.203. The molecule has 0 N–H and O–H groups in total. The third kappa shape index (κ3) is 58.0. The van der Waals surface area contributed by atoms with Gasteiger partial charge in [0.05, 0.1) is 6.61 Å². The standard InChI is InChI=1S/C4H8O2.CH2O3.2K/c1-3-6-4(2)5;2-1(3)4;;/h3H2,1-2H3;(H2,2,3,4);;/q;;2*+1/p-2. The minimum Gasteiger partial charge on any atom is -0.652 e. The Morgan fingerprint density at radius 3 is 1.50 bits per heavy atom. The van der Waals surface area contributed by atoms with Gasteiger partial charge in [-0.25, -0.2) is 0 Å². The van der Waals surface area contributed by atoms with Gasteiger partial charge in [-0.1, -0.05) is 0 Å². The van der Waals surface area contributed by atoms with Crippen molar-refractivity contribution >= 4 is 12.1 Å². The summed E-state index contributed by atoms with van der Waals surface area (Å²) in [5, 5.41) is 16.7. The van der Waals surface area contributed by atoms with Crippen LogP contribution in [0.4, 0.5) is 4.79 Å². The van der Waals surface area contributed by atoms with Gasteiger partial charge in [-0.2, -0.15) is 0 Å². The van der Waals surface area contributed by atoms with Crippen molar-refractivity contribution in [2.75, 3.05) is 6.61 Å². The maximum absolute atomic E-state index is 9.82. The number of hydrogen-bond acceptors (Lipinski definition) is 5. The topological polar surface area (TPSA) is 89.5 Å². The summed E-state index contributed by atoms with van der Waals surface area (Å²) in [5.41, 5.74) is 0. The van der Waals surface area contributed by atoms with E-state index in [1.54, 1.807) is 6.92 Å². The summed E-state index contributed by atoms with van der Waals surface area (Å²) in [6.45, 7) is 3.65. The van der Waals surface area contributed by atoms with Crippen molar-refractivity contribution in [3.63, 3.8) is 0 Å². The first-order valence-corrected chi connectivity index (χ1v) is 2.52. The molecule has 0 rings (SSSR count). The third-order valence-corrected chi connectivity index (χ3v) is 0.348. The van der Waals surface area contributed by atoms with Gasteiger partial charge < -0.3 is 19.7 Å². The summed E-state index contributed by atoms with van der Waals surface area (Å²) >= 11 is 0. The summed E-state index contributed by atoms with van der Waals surface area (Å²) in [5.74, 6) is -0.211. The zero-order chi connectivity index (χ0) is 8.57. The van der Waals surface area contributed by atoms with Crippen molar-refractivity contribution < 1.29 is 127 Å².